The molecular formula is C13H16N2O3S. The lowest BCUT2D eigenvalue weighted by molar-refractivity contribution is -0.137. The normalized spacial score (nSPS) is 14.4. The maximum Gasteiger partial charge on any atom is 0.303 e. The molecule has 1 aliphatic heterocycles. The summed E-state index contributed by atoms with van der Waals surface area (Å²) in [4.78, 5) is 29.6. The van der Waals surface area contributed by atoms with Crippen molar-refractivity contribution in [2.45, 2.75) is 31.6 Å². The number of carbonyl (C=O) groups is 2. The second-order valence-electron chi connectivity index (χ2n) is 4.56. The van der Waals surface area contributed by atoms with Crippen LogP contribution in [0.1, 0.15) is 24.1 Å². The average Bonchev–Trinajstić information content (AvgIpc) is 2.31. The van der Waals surface area contributed by atoms with E-state index in [4.69, 9.17) is 5.11 Å². The van der Waals surface area contributed by atoms with Gasteiger partial charge in [0, 0.05) is 18.7 Å². The minimum absolute atomic E-state index is 0.000360. The number of hydrogen-bond acceptors (Lipinski definition) is 4. The van der Waals surface area contributed by atoms with E-state index in [0.29, 0.717) is 24.5 Å². The molecule has 1 aliphatic rings. The highest BCUT2D eigenvalue weighted by Crippen LogP contribution is 2.36. The Morgan fingerprint density at radius 1 is 1.53 bits per heavy atom. The van der Waals surface area contributed by atoms with Crippen LogP contribution in [-0.4, -0.2) is 34.3 Å². The highest BCUT2D eigenvalue weighted by molar-refractivity contribution is 8.00. The first-order valence-electron chi connectivity index (χ1n) is 6.12. The van der Waals surface area contributed by atoms with Crippen molar-refractivity contribution in [2.75, 3.05) is 17.2 Å². The number of fused-ring (bicyclic) bond motifs is 1. The molecule has 19 heavy (non-hydrogen) atoms. The van der Waals surface area contributed by atoms with Crippen molar-refractivity contribution in [3.05, 3.63) is 17.3 Å². The zero-order valence-corrected chi connectivity index (χ0v) is 11.8. The van der Waals surface area contributed by atoms with E-state index in [1.54, 1.807) is 4.90 Å². The monoisotopic (exact) mass is 280 g/mol. The molecule has 0 fully saturated rings. The van der Waals surface area contributed by atoms with E-state index in [2.05, 4.69) is 4.98 Å². The fourth-order valence-electron chi connectivity index (χ4n) is 2.12. The van der Waals surface area contributed by atoms with Gasteiger partial charge < -0.3 is 5.11 Å². The summed E-state index contributed by atoms with van der Waals surface area (Å²) in [7, 11) is 0. The Morgan fingerprint density at radius 3 is 2.95 bits per heavy atom. The number of rotatable bonds is 4. The standard InChI is InChI=1S/C13H16N2O3S/c1-8-6-9(2)14-13-12(8)19-7-10(16)15(13)5-3-4-11(17)18/h6H,3-5,7H2,1-2H3,(H,17,18). The van der Waals surface area contributed by atoms with Crippen LogP contribution >= 0.6 is 11.8 Å². The first-order chi connectivity index (χ1) is 8.99. The Bertz CT molecular complexity index is 531. The van der Waals surface area contributed by atoms with Gasteiger partial charge in [0.2, 0.25) is 5.91 Å². The second-order valence-corrected chi connectivity index (χ2v) is 5.55. The Kier molecular flexibility index (Phi) is 4.09. The van der Waals surface area contributed by atoms with Crippen molar-refractivity contribution in [2.24, 2.45) is 0 Å². The van der Waals surface area contributed by atoms with Crippen LogP contribution in [0.25, 0.3) is 0 Å². The molecular weight excluding hydrogens is 264 g/mol. The van der Waals surface area contributed by atoms with Gasteiger partial charge in [-0.1, -0.05) is 0 Å². The maximum absolute atomic E-state index is 12.0. The zero-order valence-electron chi connectivity index (χ0n) is 11.0. The van der Waals surface area contributed by atoms with Crippen molar-refractivity contribution < 1.29 is 14.7 Å². The van der Waals surface area contributed by atoms with Crippen LogP contribution in [-0.2, 0) is 9.59 Å². The first kappa shape index (κ1) is 13.9. The smallest absolute Gasteiger partial charge is 0.303 e. The van der Waals surface area contributed by atoms with Crippen LogP contribution in [0.3, 0.4) is 0 Å². The van der Waals surface area contributed by atoms with Crippen molar-refractivity contribution >= 4 is 29.5 Å². The number of amides is 1. The summed E-state index contributed by atoms with van der Waals surface area (Å²) >= 11 is 1.51. The van der Waals surface area contributed by atoms with Gasteiger partial charge in [0.25, 0.3) is 0 Å². The van der Waals surface area contributed by atoms with Gasteiger partial charge in [-0.05, 0) is 31.9 Å². The number of aromatic nitrogens is 1. The molecule has 0 aromatic carbocycles. The molecule has 1 aromatic heterocycles. The lowest BCUT2D eigenvalue weighted by Crippen LogP contribution is -2.37. The quantitative estimate of drug-likeness (QED) is 0.913. The number of anilines is 1. The summed E-state index contributed by atoms with van der Waals surface area (Å²) in [5, 5.41) is 8.67. The largest absolute Gasteiger partial charge is 0.481 e. The summed E-state index contributed by atoms with van der Waals surface area (Å²) < 4.78 is 0. The summed E-state index contributed by atoms with van der Waals surface area (Å²) in [6.45, 7) is 4.31. The van der Waals surface area contributed by atoms with E-state index in [9.17, 15) is 9.59 Å². The van der Waals surface area contributed by atoms with E-state index >= 15 is 0 Å². The number of pyridine rings is 1. The van der Waals surface area contributed by atoms with Crippen LogP contribution in [0.4, 0.5) is 5.82 Å². The minimum Gasteiger partial charge on any atom is -0.481 e. The van der Waals surface area contributed by atoms with Gasteiger partial charge in [0.1, 0.15) is 5.82 Å². The van der Waals surface area contributed by atoms with Crippen LogP contribution in [0, 0.1) is 13.8 Å². The highest BCUT2D eigenvalue weighted by Gasteiger charge is 2.27. The van der Waals surface area contributed by atoms with Crippen molar-refractivity contribution in [3.8, 4) is 0 Å². The van der Waals surface area contributed by atoms with Gasteiger partial charge in [0.15, 0.2) is 0 Å². The molecule has 0 saturated heterocycles. The third kappa shape index (κ3) is 3.07. The zero-order chi connectivity index (χ0) is 14.0. The van der Waals surface area contributed by atoms with Gasteiger partial charge in [-0.25, -0.2) is 4.98 Å². The fourth-order valence-corrected chi connectivity index (χ4v) is 3.11. The molecule has 0 atom stereocenters. The Balaban J connectivity index is 2.24. The summed E-state index contributed by atoms with van der Waals surface area (Å²) in [6.07, 6.45) is 0.511. The first-order valence-corrected chi connectivity index (χ1v) is 7.11. The molecule has 0 spiro atoms. The lowest BCUT2D eigenvalue weighted by atomic mass is 10.2. The van der Waals surface area contributed by atoms with Gasteiger partial charge in [-0.3, -0.25) is 14.5 Å². The summed E-state index contributed by atoms with van der Waals surface area (Å²) in [6, 6.07) is 2.00. The molecule has 0 bridgehead atoms. The summed E-state index contributed by atoms with van der Waals surface area (Å²) in [5.41, 5.74) is 1.98. The number of aryl methyl sites for hydroxylation is 2. The van der Waals surface area contributed by atoms with Gasteiger partial charge in [-0.2, -0.15) is 0 Å². The van der Waals surface area contributed by atoms with Crippen LogP contribution in [0.2, 0.25) is 0 Å². The fraction of sp³-hybridized carbons (Fsp3) is 0.462. The van der Waals surface area contributed by atoms with Gasteiger partial charge in [-0.15, -0.1) is 11.8 Å². The Labute approximate surface area is 116 Å². The predicted molar refractivity (Wildman–Crippen MR) is 73.7 cm³/mol. The molecule has 1 amide bonds. The number of hydrogen-bond donors (Lipinski definition) is 1. The van der Waals surface area contributed by atoms with Crippen LogP contribution in [0.5, 0.6) is 0 Å². The molecule has 0 aliphatic carbocycles. The summed E-state index contributed by atoms with van der Waals surface area (Å²) in [5.74, 6) is 0.239. The molecule has 6 heteroatoms. The van der Waals surface area contributed by atoms with E-state index in [1.807, 2.05) is 19.9 Å². The van der Waals surface area contributed by atoms with Crippen molar-refractivity contribution in [1.29, 1.82) is 0 Å². The highest BCUT2D eigenvalue weighted by atomic mass is 32.2. The van der Waals surface area contributed by atoms with Crippen LogP contribution in [0.15, 0.2) is 11.0 Å². The molecule has 0 unspecified atom stereocenters. The van der Waals surface area contributed by atoms with Gasteiger partial charge >= 0.3 is 5.97 Å². The number of thioether (sulfide) groups is 1. The lowest BCUT2D eigenvalue weighted by Gasteiger charge is -2.29. The predicted octanol–water partition coefficient (Wildman–Crippen LogP) is 2.00. The number of carboxylic acids is 1. The van der Waals surface area contributed by atoms with Gasteiger partial charge in [0.05, 0.1) is 10.6 Å². The Hall–Kier alpha value is -1.56. The number of carbonyl (C=O) groups excluding carboxylic acids is 1. The maximum atomic E-state index is 12.0. The minimum atomic E-state index is -0.840. The van der Waals surface area contributed by atoms with E-state index < -0.39 is 5.97 Å². The third-order valence-corrected chi connectivity index (χ3v) is 4.12. The second kappa shape index (κ2) is 5.61. The SMILES string of the molecule is Cc1cc(C)c2c(n1)N(CCCC(=O)O)C(=O)CS2. The molecule has 2 heterocycles. The number of carboxylic acid groups (broad SMARTS) is 1. The Morgan fingerprint density at radius 2 is 2.26 bits per heavy atom. The third-order valence-electron chi connectivity index (χ3n) is 2.94. The van der Waals surface area contributed by atoms with E-state index in [-0.39, 0.29) is 12.3 Å². The topological polar surface area (TPSA) is 70.5 Å². The van der Waals surface area contributed by atoms with Crippen molar-refractivity contribution in [3.63, 3.8) is 0 Å². The molecule has 5 nitrogen and oxygen atoms in total. The molecule has 2 rings (SSSR count). The number of aliphatic carboxylic acids is 1. The molecule has 1 aromatic rings. The van der Waals surface area contributed by atoms with Crippen molar-refractivity contribution in [1.82, 2.24) is 4.98 Å². The average molecular weight is 280 g/mol. The van der Waals surface area contributed by atoms with E-state index in [1.165, 1.54) is 11.8 Å². The molecule has 0 radical (unpaired) electrons. The molecule has 1 N–H and O–H groups in total. The van der Waals surface area contributed by atoms with Crippen LogP contribution < -0.4 is 4.90 Å². The van der Waals surface area contributed by atoms with E-state index in [0.717, 1.165) is 16.2 Å². The molecule has 102 valence electrons. The molecule has 0 saturated carbocycles. The number of nitrogens with zero attached hydrogens (tertiary/aromatic N) is 2.